The first-order valence-corrected chi connectivity index (χ1v) is 6.35. The lowest BCUT2D eigenvalue weighted by Crippen LogP contribution is -2.45. The standard InChI is InChI=1S/C14H23N3/c1-11-9-12(6-7-14(11)15)17(3)13-5-4-8-16(2)10-13/h6-7,9,13H,4-5,8,10,15H2,1-3H3. The van der Waals surface area contributed by atoms with Gasteiger partial charge in [-0.15, -0.1) is 0 Å². The number of hydrogen-bond donors (Lipinski definition) is 1. The van der Waals surface area contributed by atoms with Crippen molar-refractivity contribution in [2.24, 2.45) is 0 Å². The van der Waals surface area contributed by atoms with Crippen LogP contribution in [0.2, 0.25) is 0 Å². The summed E-state index contributed by atoms with van der Waals surface area (Å²) < 4.78 is 0. The van der Waals surface area contributed by atoms with Crippen molar-refractivity contribution in [3.8, 4) is 0 Å². The molecule has 0 bridgehead atoms. The normalized spacial score (nSPS) is 21.5. The zero-order chi connectivity index (χ0) is 12.4. The van der Waals surface area contributed by atoms with Crippen molar-refractivity contribution in [3.63, 3.8) is 0 Å². The Morgan fingerprint density at radius 3 is 2.82 bits per heavy atom. The van der Waals surface area contributed by atoms with Crippen LogP contribution in [0.5, 0.6) is 0 Å². The van der Waals surface area contributed by atoms with Gasteiger partial charge < -0.3 is 15.5 Å². The molecule has 0 aliphatic carbocycles. The van der Waals surface area contributed by atoms with E-state index in [-0.39, 0.29) is 0 Å². The third kappa shape index (κ3) is 2.72. The summed E-state index contributed by atoms with van der Waals surface area (Å²) in [7, 11) is 4.39. The third-order valence-electron chi connectivity index (χ3n) is 3.81. The minimum absolute atomic E-state index is 0.622. The van der Waals surface area contributed by atoms with Crippen molar-refractivity contribution < 1.29 is 0 Å². The predicted molar refractivity (Wildman–Crippen MR) is 74.5 cm³/mol. The molecular formula is C14H23N3. The Kier molecular flexibility index (Phi) is 3.57. The Labute approximate surface area is 104 Å². The first-order chi connectivity index (χ1) is 8.08. The first-order valence-electron chi connectivity index (χ1n) is 6.35. The van der Waals surface area contributed by atoms with Crippen molar-refractivity contribution in [3.05, 3.63) is 23.8 Å². The summed E-state index contributed by atoms with van der Waals surface area (Å²) in [6.45, 7) is 4.45. The number of likely N-dealkylation sites (N-methyl/N-ethyl adjacent to an activating group) is 2. The highest BCUT2D eigenvalue weighted by atomic mass is 15.2. The molecule has 1 aliphatic rings. The molecule has 1 heterocycles. The summed E-state index contributed by atoms with van der Waals surface area (Å²) in [5.74, 6) is 0. The predicted octanol–water partition coefficient (Wildman–Crippen LogP) is 2.11. The average Bonchev–Trinajstić information content (AvgIpc) is 2.32. The van der Waals surface area contributed by atoms with Crippen LogP contribution in [0.3, 0.4) is 0 Å². The van der Waals surface area contributed by atoms with Gasteiger partial charge in [-0.1, -0.05) is 0 Å². The Morgan fingerprint density at radius 2 is 2.18 bits per heavy atom. The summed E-state index contributed by atoms with van der Waals surface area (Å²) in [4.78, 5) is 4.80. The molecule has 0 spiro atoms. The van der Waals surface area contributed by atoms with E-state index in [1.807, 2.05) is 6.07 Å². The molecule has 0 radical (unpaired) electrons. The van der Waals surface area contributed by atoms with E-state index in [9.17, 15) is 0 Å². The van der Waals surface area contributed by atoms with Gasteiger partial charge in [-0.25, -0.2) is 0 Å². The van der Waals surface area contributed by atoms with Crippen molar-refractivity contribution in [2.45, 2.75) is 25.8 Å². The van der Waals surface area contributed by atoms with E-state index in [4.69, 9.17) is 5.73 Å². The Balaban J connectivity index is 2.12. The van der Waals surface area contributed by atoms with Gasteiger partial charge in [0.15, 0.2) is 0 Å². The van der Waals surface area contributed by atoms with Gasteiger partial charge in [-0.2, -0.15) is 0 Å². The molecule has 2 N–H and O–H groups in total. The molecule has 1 saturated heterocycles. The van der Waals surface area contributed by atoms with Crippen LogP contribution in [0.4, 0.5) is 11.4 Å². The largest absolute Gasteiger partial charge is 0.399 e. The molecule has 3 nitrogen and oxygen atoms in total. The van der Waals surface area contributed by atoms with Gasteiger partial charge in [-0.05, 0) is 57.1 Å². The van der Waals surface area contributed by atoms with Crippen molar-refractivity contribution in [1.82, 2.24) is 4.90 Å². The maximum atomic E-state index is 5.86. The second kappa shape index (κ2) is 4.96. The highest BCUT2D eigenvalue weighted by molar-refractivity contribution is 5.58. The second-order valence-electron chi connectivity index (χ2n) is 5.21. The lowest BCUT2D eigenvalue weighted by Gasteiger charge is -2.37. The summed E-state index contributed by atoms with van der Waals surface area (Å²) in [5.41, 5.74) is 9.18. The fourth-order valence-electron chi connectivity index (χ4n) is 2.55. The van der Waals surface area contributed by atoms with Crippen LogP contribution in [0, 0.1) is 6.92 Å². The molecule has 94 valence electrons. The lowest BCUT2D eigenvalue weighted by molar-refractivity contribution is 0.248. The van der Waals surface area contributed by atoms with E-state index in [1.54, 1.807) is 0 Å². The maximum absolute atomic E-state index is 5.86. The fourth-order valence-corrected chi connectivity index (χ4v) is 2.55. The molecular weight excluding hydrogens is 210 g/mol. The number of piperidine rings is 1. The minimum Gasteiger partial charge on any atom is -0.399 e. The summed E-state index contributed by atoms with van der Waals surface area (Å²) in [6, 6.07) is 6.94. The number of nitrogen functional groups attached to an aromatic ring is 1. The molecule has 0 aromatic heterocycles. The van der Waals surface area contributed by atoms with Gasteiger partial charge in [0.2, 0.25) is 0 Å². The fraction of sp³-hybridized carbons (Fsp3) is 0.571. The Hall–Kier alpha value is -1.22. The summed E-state index contributed by atoms with van der Waals surface area (Å²) in [5, 5.41) is 0. The van der Waals surface area contributed by atoms with E-state index < -0.39 is 0 Å². The minimum atomic E-state index is 0.622. The number of nitrogens with two attached hydrogens (primary N) is 1. The second-order valence-corrected chi connectivity index (χ2v) is 5.21. The van der Waals surface area contributed by atoms with Gasteiger partial charge in [0.25, 0.3) is 0 Å². The van der Waals surface area contributed by atoms with Gasteiger partial charge in [0.1, 0.15) is 0 Å². The molecule has 1 aromatic carbocycles. The Bertz CT molecular complexity index is 389. The van der Waals surface area contributed by atoms with Crippen LogP contribution in [0.1, 0.15) is 18.4 Å². The van der Waals surface area contributed by atoms with E-state index in [0.29, 0.717) is 6.04 Å². The molecule has 0 amide bonds. The smallest absolute Gasteiger partial charge is 0.0414 e. The molecule has 1 fully saturated rings. The molecule has 1 unspecified atom stereocenters. The quantitative estimate of drug-likeness (QED) is 0.794. The van der Waals surface area contributed by atoms with Gasteiger partial charge in [0.05, 0.1) is 0 Å². The summed E-state index contributed by atoms with van der Waals surface area (Å²) >= 11 is 0. The number of nitrogens with zero attached hydrogens (tertiary/aromatic N) is 2. The van der Waals surface area contributed by atoms with E-state index >= 15 is 0 Å². The number of rotatable bonds is 2. The summed E-state index contributed by atoms with van der Waals surface area (Å²) in [6.07, 6.45) is 2.57. The number of hydrogen-bond acceptors (Lipinski definition) is 3. The van der Waals surface area contributed by atoms with E-state index in [1.165, 1.54) is 30.6 Å². The lowest BCUT2D eigenvalue weighted by atomic mass is 10.0. The van der Waals surface area contributed by atoms with Crippen LogP contribution in [0.15, 0.2) is 18.2 Å². The molecule has 17 heavy (non-hydrogen) atoms. The van der Waals surface area contributed by atoms with Crippen molar-refractivity contribution in [1.29, 1.82) is 0 Å². The Morgan fingerprint density at radius 1 is 1.41 bits per heavy atom. The van der Waals surface area contributed by atoms with Crippen molar-refractivity contribution >= 4 is 11.4 Å². The number of anilines is 2. The molecule has 2 rings (SSSR count). The number of likely N-dealkylation sites (tertiary alicyclic amines) is 1. The number of benzene rings is 1. The van der Waals surface area contributed by atoms with Crippen LogP contribution < -0.4 is 10.6 Å². The SMILES string of the molecule is Cc1cc(N(C)C2CCCN(C)C2)ccc1N. The topological polar surface area (TPSA) is 32.5 Å². The van der Waals surface area contributed by atoms with Crippen molar-refractivity contribution in [2.75, 3.05) is 37.8 Å². The zero-order valence-electron chi connectivity index (χ0n) is 11.1. The molecule has 3 heteroatoms. The van der Waals surface area contributed by atoms with Gasteiger partial charge >= 0.3 is 0 Å². The van der Waals surface area contributed by atoms with Gasteiger partial charge in [-0.3, -0.25) is 0 Å². The highest BCUT2D eigenvalue weighted by Crippen LogP contribution is 2.24. The van der Waals surface area contributed by atoms with E-state index in [2.05, 4.69) is 43.0 Å². The van der Waals surface area contributed by atoms with Crippen LogP contribution in [-0.2, 0) is 0 Å². The van der Waals surface area contributed by atoms with Crippen LogP contribution in [-0.4, -0.2) is 38.1 Å². The molecule has 1 aliphatic heterocycles. The molecule has 1 atom stereocenters. The first kappa shape index (κ1) is 12.2. The van der Waals surface area contributed by atoms with Crippen LogP contribution >= 0.6 is 0 Å². The third-order valence-corrected chi connectivity index (χ3v) is 3.81. The highest BCUT2D eigenvalue weighted by Gasteiger charge is 2.21. The monoisotopic (exact) mass is 233 g/mol. The van der Waals surface area contributed by atoms with Crippen LogP contribution in [0.25, 0.3) is 0 Å². The van der Waals surface area contributed by atoms with Gasteiger partial charge in [0, 0.05) is 31.0 Å². The number of aryl methyl sites for hydroxylation is 1. The zero-order valence-corrected chi connectivity index (χ0v) is 11.1. The average molecular weight is 233 g/mol. The molecule has 1 aromatic rings. The van der Waals surface area contributed by atoms with E-state index in [0.717, 1.165) is 12.2 Å². The maximum Gasteiger partial charge on any atom is 0.0414 e. The molecule has 0 saturated carbocycles.